The second-order valence-electron chi connectivity index (χ2n) is 4.89. The molecule has 0 unspecified atom stereocenters. The molecule has 0 N–H and O–H groups in total. The maximum absolute atomic E-state index is 12.7. The van der Waals surface area contributed by atoms with Crippen molar-refractivity contribution in [1.29, 1.82) is 0 Å². The second kappa shape index (κ2) is 6.66. The lowest BCUT2D eigenvalue weighted by molar-refractivity contribution is -0.110. The molecule has 2 aromatic rings. The monoisotopic (exact) mass is 302 g/mol. The van der Waals surface area contributed by atoms with Crippen molar-refractivity contribution in [3.63, 3.8) is 0 Å². The SMILES string of the molecule is O=C1C=CC(=NC(=O)N(c2ccccc2)c2ccccc2)C=C1. The lowest BCUT2D eigenvalue weighted by Crippen LogP contribution is -2.23. The Balaban J connectivity index is 1.98. The van der Waals surface area contributed by atoms with Crippen molar-refractivity contribution < 1.29 is 9.59 Å². The number of hydrogen-bond acceptors (Lipinski definition) is 2. The van der Waals surface area contributed by atoms with Gasteiger partial charge >= 0.3 is 6.03 Å². The largest absolute Gasteiger partial charge is 0.353 e. The van der Waals surface area contributed by atoms with Crippen LogP contribution in [0.4, 0.5) is 16.2 Å². The molecule has 23 heavy (non-hydrogen) atoms. The van der Waals surface area contributed by atoms with Crippen molar-refractivity contribution in [2.24, 2.45) is 4.99 Å². The molecule has 0 bridgehead atoms. The second-order valence-corrected chi connectivity index (χ2v) is 4.89. The van der Waals surface area contributed by atoms with Crippen LogP contribution in [0.3, 0.4) is 0 Å². The van der Waals surface area contributed by atoms with Gasteiger partial charge in [-0.1, -0.05) is 36.4 Å². The van der Waals surface area contributed by atoms with Gasteiger partial charge in [0.2, 0.25) is 0 Å². The van der Waals surface area contributed by atoms with E-state index in [4.69, 9.17) is 0 Å². The number of urea groups is 1. The van der Waals surface area contributed by atoms with Crippen LogP contribution in [0, 0.1) is 0 Å². The van der Waals surface area contributed by atoms with Gasteiger partial charge in [0, 0.05) is 0 Å². The van der Waals surface area contributed by atoms with Crippen LogP contribution >= 0.6 is 0 Å². The topological polar surface area (TPSA) is 49.7 Å². The molecule has 0 heterocycles. The summed E-state index contributed by atoms with van der Waals surface area (Å²) in [6.07, 6.45) is 5.85. The molecule has 4 heteroatoms. The fourth-order valence-electron chi connectivity index (χ4n) is 2.21. The molecule has 0 radical (unpaired) electrons. The Morgan fingerprint density at radius 2 is 1.22 bits per heavy atom. The Labute approximate surface area is 134 Å². The Hall–Kier alpha value is -3.27. The molecule has 1 aliphatic carbocycles. The first kappa shape index (κ1) is 14.7. The molecule has 3 rings (SSSR count). The van der Waals surface area contributed by atoms with Gasteiger partial charge in [0.1, 0.15) is 0 Å². The standard InChI is InChI=1S/C19H14N2O2/c22-18-13-11-15(12-14-18)20-19(23)21(16-7-3-1-4-8-16)17-9-5-2-6-10-17/h1-14H. The van der Waals surface area contributed by atoms with Crippen molar-refractivity contribution in [2.45, 2.75) is 0 Å². The van der Waals surface area contributed by atoms with Crippen LogP contribution in [0.5, 0.6) is 0 Å². The van der Waals surface area contributed by atoms with E-state index < -0.39 is 6.03 Å². The van der Waals surface area contributed by atoms with Crippen LogP contribution < -0.4 is 4.90 Å². The summed E-state index contributed by atoms with van der Waals surface area (Å²) in [7, 11) is 0. The Morgan fingerprint density at radius 1 is 0.739 bits per heavy atom. The number of allylic oxidation sites excluding steroid dienone is 4. The van der Waals surface area contributed by atoms with Crippen LogP contribution in [0.15, 0.2) is 90.0 Å². The third kappa shape index (κ3) is 3.49. The minimum Gasteiger partial charge on any atom is -0.290 e. The Morgan fingerprint density at radius 3 is 1.70 bits per heavy atom. The van der Waals surface area contributed by atoms with E-state index in [1.807, 2.05) is 60.7 Å². The van der Waals surface area contributed by atoms with Gasteiger partial charge in [-0.05, 0) is 48.6 Å². The van der Waals surface area contributed by atoms with E-state index in [1.54, 1.807) is 0 Å². The van der Waals surface area contributed by atoms with Gasteiger partial charge in [-0.15, -0.1) is 0 Å². The highest BCUT2D eigenvalue weighted by molar-refractivity contribution is 6.20. The number of benzene rings is 2. The molecule has 1 aliphatic rings. The van der Waals surface area contributed by atoms with E-state index in [0.29, 0.717) is 5.71 Å². The van der Waals surface area contributed by atoms with Crippen LogP contribution in [-0.4, -0.2) is 17.5 Å². The van der Waals surface area contributed by atoms with E-state index in [1.165, 1.54) is 29.2 Å². The zero-order valence-corrected chi connectivity index (χ0v) is 12.3. The lowest BCUT2D eigenvalue weighted by atomic mass is 10.2. The summed E-state index contributed by atoms with van der Waals surface area (Å²) in [5.41, 5.74) is 1.91. The quantitative estimate of drug-likeness (QED) is 0.785. The summed E-state index contributed by atoms with van der Waals surface area (Å²) in [4.78, 5) is 29.5. The molecule has 2 aromatic carbocycles. The van der Waals surface area contributed by atoms with Gasteiger partial charge in [0.25, 0.3) is 0 Å². The van der Waals surface area contributed by atoms with Gasteiger partial charge in [-0.3, -0.25) is 9.69 Å². The van der Waals surface area contributed by atoms with Gasteiger partial charge in [-0.25, -0.2) is 4.79 Å². The van der Waals surface area contributed by atoms with Crippen LogP contribution in [0.2, 0.25) is 0 Å². The summed E-state index contributed by atoms with van der Waals surface area (Å²) in [6, 6.07) is 18.2. The molecule has 4 nitrogen and oxygen atoms in total. The maximum Gasteiger partial charge on any atom is 0.353 e. The molecule has 0 atom stereocenters. The van der Waals surface area contributed by atoms with E-state index in [-0.39, 0.29) is 5.78 Å². The number of anilines is 2. The van der Waals surface area contributed by atoms with Crippen molar-refractivity contribution >= 4 is 28.9 Å². The first-order valence-electron chi connectivity index (χ1n) is 7.17. The summed E-state index contributed by atoms with van der Waals surface area (Å²) in [6.45, 7) is 0. The molecular formula is C19H14N2O2. The zero-order valence-electron chi connectivity index (χ0n) is 12.3. The van der Waals surface area contributed by atoms with E-state index in [0.717, 1.165) is 11.4 Å². The first-order valence-corrected chi connectivity index (χ1v) is 7.17. The van der Waals surface area contributed by atoms with Gasteiger partial charge in [-0.2, -0.15) is 4.99 Å². The number of carbonyl (C=O) groups is 2. The minimum atomic E-state index is -0.416. The predicted octanol–water partition coefficient (Wildman–Crippen LogP) is 4.08. The van der Waals surface area contributed by atoms with Gasteiger partial charge < -0.3 is 0 Å². The number of ketones is 1. The molecule has 112 valence electrons. The van der Waals surface area contributed by atoms with Crippen LogP contribution in [0.25, 0.3) is 0 Å². The fraction of sp³-hybridized carbons (Fsp3) is 0. The van der Waals surface area contributed by atoms with Gasteiger partial charge in [0.05, 0.1) is 17.1 Å². The van der Waals surface area contributed by atoms with Crippen LogP contribution in [0.1, 0.15) is 0 Å². The van der Waals surface area contributed by atoms with Gasteiger partial charge in [0.15, 0.2) is 5.78 Å². The molecular weight excluding hydrogens is 288 g/mol. The van der Waals surface area contributed by atoms with E-state index in [2.05, 4.69) is 4.99 Å². The summed E-state index contributed by atoms with van der Waals surface area (Å²) in [5, 5.41) is 0. The highest BCUT2D eigenvalue weighted by Crippen LogP contribution is 2.25. The van der Waals surface area contributed by atoms with Crippen molar-refractivity contribution in [3.05, 3.63) is 85.0 Å². The highest BCUT2D eigenvalue weighted by Gasteiger charge is 2.17. The van der Waals surface area contributed by atoms with E-state index in [9.17, 15) is 9.59 Å². The zero-order chi connectivity index (χ0) is 16.1. The number of aliphatic imine (C=N–C) groups is 1. The smallest absolute Gasteiger partial charge is 0.290 e. The summed E-state index contributed by atoms with van der Waals surface area (Å²) in [5.74, 6) is -0.112. The third-order valence-electron chi connectivity index (χ3n) is 3.28. The molecule has 2 amide bonds. The van der Waals surface area contributed by atoms with Crippen LogP contribution in [-0.2, 0) is 4.79 Å². The number of para-hydroxylation sites is 2. The number of carbonyl (C=O) groups excluding carboxylic acids is 2. The van der Waals surface area contributed by atoms with Crippen molar-refractivity contribution in [1.82, 2.24) is 0 Å². The molecule has 0 spiro atoms. The molecule has 0 fully saturated rings. The first-order chi connectivity index (χ1) is 11.2. The fourth-order valence-corrected chi connectivity index (χ4v) is 2.21. The number of rotatable bonds is 2. The van der Waals surface area contributed by atoms with Crippen molar-refractivity contribution in [2.75, 3.05) is 4.90 Å². The lowest BCUT2D eigenvalue weighted by Gasteiger charge is -2.20. The normalized spacial score (nSPS) is 13.0. The highest BCUT2D eigenvalue weighted by atomic mass is 16.2. The predicted molar refractivity (Wildman–Crippen MR) is 91.1 cm³/mol. The minimum absolute atomic E-state index is 0.112. The van der Waals surface area contributed by atoms with Crippen molar-refractivity contribution in [3.8, 4) is 0 Å². The maximum atomic E-state index is 12.7. The summed E-state index contributed by atoms with van der Waals surface area (Å²) < 4.78 is 0. The molecule has 0 aliphatic heterocycles. The molecule has 0 saturated carbocycles. The molecule has 0 saturated heterocycles. The number of amides is 2. The average Bonchev–Trinajstić information content (AvgIpc) is 2.59. The summed E-state index contributed by atoms with van der Waals surface area (Å²) >= 11 is 0. The Bertz CT molecular complexity index is 748. The average molecular weight is 302 g/mol. The van der Waals surface area contributed by atoms with E-state index >= 15 is 0 Å². The number of nitrogens with zero attached hydrogens (tertiary/aromatic N) is 2. The third-order valence-corrected chi connectivity index (χ3v) is 3.28. The molecule has 0 aromatic heterocycles. The Kier molecular flexibility index (Phi) is 4.25. The number of hydrogen-bond donors (Lipinski definition) is 0.